The Morgan fingerprint density at radius 1 is 0.879 bits per heavy atom. The largest absolute Gasteiger partial charge is 0.497 e. The Bertz CT molecular complexity index is 1430. The minimum Gasteiger partial charge on any atom is -0.497 e. The van der Waals surface area contributed by atoms with E-state index in [-0.39, 0.29) is 0 Å². The maximum absolute atomic E-state index is 5.37. The first-order valence-electron chi connectivity index (χ1n) is 11.5. The number of hydrogen-bond acceptors (Lipinski definition) is 4. The Kier molecular flexibility index (Phi) is 5.04. The lowest BCUT2D eigenvalue weighted by atomic mass is 9.94. The molecule has 5 nitrogen and oxygen atoms in total. The number of piperidine rings is 1. The minimum atomic E-state index is 0.431. The van der Waals surface area contributed by atoms with Crippen molar-refractivity contribution in [3.8, 4) is 28.0 Å². The molecule has 1 aliphatic heterocycles. The quantitative estimate of drug-likeness (QED) is 0.385. The van der Waals surface area contributed by atoms with Gasteiger partial charge in [0.2, 0.25) is 0 Å². The summed E-state index contributed by atoms with van der Waals surface area (Å²) >= 11 is 0. The van der Waals surface area contributed by atoms with Crippen molar-refractivity contribution in [2.24, 2.45) is 0 Å². The highest BCUT2D eigenvalue weighted by molar-refractivity contribution is 6.01. The summed E-state index contributed by atoms with van der Waals surface area (Å²) in [5, 5.41) is 5.91. The average Bonchev–Trinajstić information content (AvgIpc) is 3.33. The monoisotopic (exact) mass is 434 g/mol. The van der Waals surface area contributed by atoms with Gasteiger partial charge in [-0.05, 0) is 66.0 Å². The molecule has 1 fully saturated rings. The predicted octanol–water partition coefficient (Wildman–Crippen LogP) is 5.85. The molecule has 0 saturated carbocycles. The van der Waals surface area contributed by atoms with E-state index in [0.717, 1.165) is 65.1 Å². The zero-order valence-electron chi connectivity index (χ0n) is 18.7. The average molecular weight is 435 g/mol. The molecule has 0 unspecified atom stereocenters. The molecule has 0 bridgehead atoms. The minimum absolute atomic E-state index is 0.431. The van der Waals surface area contributed by atoms with E-state index in [0.29, 0.717) is 6.04 Å². The van der Waals surface area contributed by atoms with E-state index >= 15 is 0 Å². The summed E-state index contributed by atoms with van der Waals surface area (Å²) in [4.78, 5) is 9.86. The van der Waals surface area contributed by atoms with Crippen molar-refractivity contribution in [1.29, 1.82) is 0 Å². The van der Waals surface area contributed by atoms with Crippen LogP contribution in [0.1, 0.15) is 18.9 Å². The van der Waals surface area contributed by atoms with Gasteiger partial charge >= 0.3 is 0 Å². The maximum atomic E-state index is 5.37. The molecule has 33 heavy (non-hydrogen) atoms. The van der Waals surface area contributed by atoms with Gasteiger partial charge in [0.25, 0.3) is 0 Å². The Labute approximate surface area is 193 Å². The number of benzene rings is 3. The number of rotatable bonds is 4. The lowest BCUT2D eigenvalue weighted by Gasteiger charge is -2.24. The van der Waals surface area contributed by atoms with Crippen molar-refractivity contribution in [2.45, 2.75) is 18.9 Å². The molecule has 0 amide bonds. The second-order valence-electron chi connectivity index (χ2n) is 8.64. The highest BCUT2D eigenvalue weighted by Gasteiger charge is 2.22. The van der Waals surface area contributed by atoms with Crippen LogP contribution in [-0.4, -0.2) is 34.7 Å². The first-order valence-corrected chi connectivity index (χ1v) is 11.5. The third-order valence-corrected chi connectivity index (χ3v) is 6.73. The van der Waals surface area contributed by atoms with Crippen LogP contribution < -0.4 is 10.1 Å². The number of imidazole rings is 1. The fourth-order valence-electron chi connectivity index (χ4n) is 4.96. The summed E-state index contributed by atoms with van der Waals surface area (Å²) < 4.78 is 7.65. The molecule has 0 radical (unpaired) electrons. The normalized spacial score (nSPS) is 14.7. The molecule has 5 heteroatoms. The van der Waals surface area contributed by atoms with E-state index in [1.807, 2.05) is 24.7 Å². The van der Waals surface area contributed by atoms with Crippen LogP contribution in [0.2, 0.25) is 0 Å². The molecule has 164 valence electrons. The Hall–Kier alpha value is -3.70. The van der Waals surface area contributed by atoms with Gasteiger partial charge in [0.15, 0.2) is 5.65 Å². The first-order chi connectivity index (χ1) is 16.3. The summed E-state index contributed by atoms with van der Waals surface area (Å²) in [6.07, 6.45) is 6.18. The van der Waals surface area contributed by atoms with E-state index < -0.39 is 0 Å². The lowest BCUT2D eigenvalue weighted by molar-refractivity contribution is 0.373. The molecule has 5 aromatic rings. The third-order valence-electron chi connectivity index (χ3n) is 6.73. The van der Waals surface area contributed by atoms with Gasteiger partial charge in [0.05, 0.1) is 13.4 Å². The molecule has 0 atom stereocenters. The van der Waals surface area contributed by atoms with Gasteiger partial charge in [-0.3, -0.25) is 0 Å². The van der Waals surface area contributed by atoms with Crippen LogP contribution in [0.4, 0.5) is 0 Å². The van der Waals surface area contributed by atoms with Crippen LogP contribution in [0.5, 0.6) is 5.75 Å². The van der Waals surface area contributed by atoms with Crippen molar-refractivity contribution in [1.82, 2.24) is 19.9 Å². The number of nitrogens with zero attached hydrogens (tertiary/aromatic N) is 3. The molecule has 0 aliphatic carbocycles. The number of nitrogens with one attached hydrogen (secondary N) is 1. The summed E-state index contributed by atoms with van der Waals surface area (Å²) in [5.74, 6) is 0.843. The fourth-order valence-corrected chi connectivity index (χ4v) is 4.96. The molecule has 1 saturated heterocycles. The van der Waals surface area contributed by atoms with Gasteiger partial charge in [-0.25, -0.2) is 9.97 Å². The predicted molar refractivity (Wildman–Crippen MR) is 134 cm³/mol. The van der Waals surface area contributed by atoms with Crippen LogP contribution in [0.15, 0.2) is 79.3 Å². The maximum Gasteiger partial charge on any atom is 0.160 e. The number of methoxy groups -OCH3 is 1. The number of fused-ring (bicyclic) bond motifs is 2. The lowest BCUT2D eigenvalue weighted by Crippen LogP contribution is -2.29. The van der Waals surface area contributed by atoms with Crippen LogP contribution >= 0.6 is 0 Å². The van der Waals surface area contributed by atoms with Gasteiger partial charge < -0.3 is 14.6 Å². The molecule has 3 aromatic carbocycles. The summed E-state index contributed by atoms with van der Waals surface area (Å²) in [6.45, 7) is 2.07. The topological polar surface area (TPSA) is 52.0 Å². The van der Waals surface area contributed by atoms with Gasteiger partial charge in [-0.2, -0.15) is 0 Å². The second kappa shape index (κ2) is 8.34. The second-order valence-corrected chi connectivity index (χ2v) is 8.64. The van der Waals surface area contributed by atoms with Gasteiger partial charge in [-0.15, -0.1) is 0 Å². The number of ether oxygens (including phenoxy) is 1. The zero-order chi connectivity index (χ0) is 22.2. The molecule has 3 heterocycles. The van der Waals surface area contributed by atoms with E-state index in [4.69, 9.17) is 14.7 Å². The fraction of sp³-hybridized carbons (Fsp3) is 0.214. The van der Waals surface area contributed by atoms with Gasteiger partial charge in [0.1, 0.15) is 11.3 Å². The van der Waals surface area contributed by atoms with Crippen molar-refractivity contribution < 1.29 is 4.74 Å². The zero-order valence-corrected chi connectivity index (χ0v) is 18.7. The molecular weight excluding hydrogens is 408 g/mol. The first kappa shape index (κ1) is 19.9. The van der Waals surface area contributed by atoms with Crippen LogP contribution in [0, 0.1) is 0 Å². The highest BCUT2D eigenvalue weighted by Crippen LogP contribution is 2.39. The van der Waals surface area contributed by atoms with Gasteiger partial charge in [0, 0.05) is 23.4 Å². The highest BCUT2D eigenvalue weighted by atomic mass is 16.5. The van der Waals surface area contributed by atoms with Crippen molar-refractivity contribution in [2.75, 3.05) is 20.2 Å². The van der Waals surface area contributed by atoms with Crippen LogP contribution in [0.3, 0.4) is 0 Å². The Morgan fingerprint density at radius 2 is 1.64 bits per heavy atom. The standard InChI is InChI=1S/C28H26N4O/c1-33-24-10-8-20(9-11-24)25-17-30-28-27(31-18-32(28)23-12-14-29-15-13-23)26(25)22-7-6-19-4-2-3-5-21(19)16-22/h2-11,16-18,23,29H,12-15H2,1H3. The summed E-state index contributed by atoms with van der Waals surface area (Å²) in [5.41, 5.74) is 6.38. The molecule has 1 N–H and O–H groups in total. The number of aromatic nitrogens is 3. The summed E-state index contributed by atoms with van der Waals surface area (Å²) in [6, 6.07) is 23.8. The number of pyridine rings is 1. The smallest absolute Gasteiger partial charge is 0.160 e. The number of hydrogen-bond donors (Lipinski definition) is 1. The van der Waals surface area contributed by atoms with Crippen molar-refractivity contribution in [3.63, 3.8) is 0 Å². The molecule has 2 aromatic heterocycles. The van der Waals surface area contributed by atoms with E-state index in [2.05, 4.69) is 64.5 Å². The van der Waals surface area contributed by atoms with Crippen LogP contribution in [0.25, 0.3) is 44.2 Å². The van der Waals surface area contributed by atoms with E-state index in [1.165, 1.54) is 10.8 Å². The molecule has 6 rings (SSSR count). The SMILES string of the molecule is COc1ccc(-c2cnc3c(ncn3C3CCNCC3)c2-c2ccc3ccccc3c2)cc1. The van der Waals surface area contributed by atoms with Crippen molar-refractivity contribution in [3.05, 3.63) is 79.3 Å². The third kappa shape index (κ3) is 3.55. The molecule has 0 spiro atoms. The van der Waals surface area contributed by atoms with Crippen LogP contribution in [-0.2, 0) is 0 Å². The van der Waals surface area contributed by atoms with E-state index in [1.54, 1.807) is 7.11 Å². The Balaban J connectivity index is 1.58. The Morgan fingerprint density at radius 3 is 2.42 bits per heavy atom. The van der Waals surface area contributed by atoms with Gasteiger partial charge in [-0.1, -0.05) is 48.5 Å². The molecule has 1 aliphatic rings. The molecular formula is C28H26N4O. The van der Waals surface area contributed by atoms with E-state index in [9.17, 15) is 0 Å². The van der Waals surface area contributed by atoms with Crippen molar-refractivity contribution >= 4 is 21.9 Å². The summed E-state index contributed by atoms with van der Waals surface area (Å²) in [7, 11) is 1.69.